The van der Waals surface area contributed by atoms with E-state index >= 15 is 0 Å². The van der Waals surface area contributed by atoms with Crippen molar-refractivity contribution in [3.8, 4) is 5.75 Å². The van der Waals surface area contributed by atoms with Crippen molar-refractivity contribution in [2.75, 3.05) is 0 Å². The Morgan fingerprint density at radius 3 is 2.27 bits per heavy atom. The van der Waals surface area contributed by atoms with E-state index in [1.54, 1.807) is 13.0 Å². The number of aryl methyl sites for hydroxylation is 1. The Hall–Kier alpha value is -2.54. The zero-order chi connectivity index (χ0) is 19.1. The molecule has 0 bridgehead atoms. The number of thioether (sulfide) groups is 1. The van der Waals surface area contributed by atoms with E-state index in [1.807, 2.05) is 31.2 Å². The number of rotatable bonds is 6. The number of amides is 2. The zero-order valence-corrected chi connectivity index (χ0v) is 15.6. The van der Waals surface area contributed by atoms with Crippen molar-refractivity contribution < 1.29 is 18.7 Å². The second kappa shape index (κ2) is 9.24. The topological polar surface area (TPSA) is 67.4 Å². The minimum absolute atomic E-state index is 0.0234. The first-order valence-electron chi connectivity index (χ1n) is 8.11. The minimum atomic E-state index is -0.966. The Morgan fingerprint density at radius 1 is 1.00 bits per heavy atom. The summed E-state index contributed by atoms with van der Waals surface area (Å²) in [5.41, 5.74) is 5.80. The third kappa shape index (κ3) is 5.77. The van der Waals surface area contributed by atoms with Crippen LogP contribution in [0.15, 0.2) is 53.4 Å². The number of hydrogen-bond donors (Lipinski definition) is 2. The van der Waals surface area contributed by atoms with E-state index in [0.717, 1.165) is 10.5 Å². The van der Waals surface area contributed by atoms with Gasteiger partial charge in [-0.1, -0.05) is 29.8 Å². The van der Waals surface area contributed by atoms with Gasteiger partial charge in [0.05, 0.1) is 5.25 Å². The molecule has 0 heterocycles. The number of ether oxygens (including phenoxy) is 1. The fraction of sp³-hybridized carbons (Fsp3) is 0.263. The Morgan fingerprint density at radius 2 is 1.62 bits per heavy atom. The second-order valence-electron chi connectivity index (χ2n) is 5.74. The Balaban J connectivity index is 1.81. The zero-order valence-electron chi connectivity index (χ0n) is 14.8. The first-order chi connectivity index (χ1) is 12.4. The van der Waals surface area contributed by atoms with E-state index in [0.29, 0.717) is 0 Å². The van der Waals surface area contributed by atoms with Gasteiger partial charge in [0.15, 0.2) is 17.7 Å². The van der Waals surface area contributed by atoms with E-state index in [-0.39, 0.29) is 11.7 Å². The average Bonchev–Trinajstić information content (AvgIpc) is 2.63. The number of hydrogen-bond acceptors (Lipinski definition) is 4. The summed E-state index contributed by atoms with van der Waals surface area (Å²) in [6.45, 7) is 5.20. The van der Waals surface area contributed by atoms with Crippen molar-refractivity contribution >= 4 is 23.6 Å². The predicted molar refractivity (Wildman–Crippen MR) is 99.3 cm³/mol. The molecule has 0 aromatic heterocycles. The van der Waals surface area contributed by atoms with Crippen molar-refractivity contribution in [2.45, 2.75) is 37.0 Å². The Bertz CT molecular complexity index is 768. The van der Waals surface area contributed by atoms with Gasteiger partial charge in [0.2, 0.25) is 0 Å². The van der Waals surface area contributed by atoms with E-state index in [2.05, 4.69) is 10.9 Å². The number of carbonyl (C=O) groups excluding carboxylic acids is 2. The summed E-state index contributed by atoms with van der Waals surface area (Å²) in [6.07, 6.45) is -0.966. The van der Waals surface area contributed by atoms with E-state index in [1.165, 1.54) is 36.9 Å². The molecule has 0 saturated carbocycles. The van der Waals surface area contributed by atoms with Crippen LogP contribution in [0, 0.1) is 12.7 Å². The molecule has 0 spiro atoms. The largest absolute Gasteiger partial charge is 0.478 e. The molecule has 0 aliphatic rings. The molecule has 7 heteroatoms. The third-order valence-corrected chi connectivity index (χ3v) is 4.63. The van der Waals surface area contributed by atoms with Crippen molar-refractivity contribution in [3.05, 3.63) is 59.9 Å². The number of hydrazine groups is 1. The summed E-state index contributed by atoms with van der Waals surface area (Å²) >= 11 is 1.38. The van der Waals surface area contributed by atoms with Crippen molar-refractivity contribution in [2.24, 2.45) is 0 Å². The standard InChI is InChI=1S/C19H21FN2O3S/c1-12-8-10-15(11-9-12)26-14(3)19(24)22-21-18(23)13(2)25-17-7-5-4-6-16(17)20/h4-11,13-14H,1-3H3,(H,21,23)(H,22,24)/t13-,14-/m1/s1. The molecular weight excluding hydrogens is 355 g/mol. The molecule has 5 nitrogen and oxygen atoms in total. The van der Waals surface area contributed by atoms with Gasteiger partial charge in [0.25, 0.3) is 11.8 Å². The molecule has 138 valence electrons. The highest BCUT2D eigenvalue weighted by molar-refractivity contribution is 8.00. The first kappa shape index (κ1) is 19.8. The van der Waals surface area contributed by atoms with Crippen LogP contribution in [0.3, 0.4) is 0 Å². The van der Waals surface area contributed by atoms with Crippen LogP contribution < -0.4 is 15.6 Å². The molecule has 2 atom stereocenters. The maximum atomic E-state index is 13.5. The van der Waals surface area contributed by atoms with Gasteiger partial charge in [0, 0.05) is 4.90 Å². The number of halogens is 1. The maximum Gasteiger partial charge on any atom is 0.279 e. The molecule has 2 rings (SSSR count). The maximum absolute atomic E-state index is 13.5. The lowest BCUT2D eigenvalue weighted by atomic mass is 10.2. The molecule has 0 radical (unpaired) electrons. The van der Waals surface area contributed by atoms with Gasteiger partial charge in [0.1, 0.15) is 0 Å². The van der Waals surface area contributed by atoms with Crippen molar-refractivity contribution in [1.29, 1.82) is 0 Å². The second-order valence-corrected chi connectivity index (χ2v) is 7.16. The van der Waals surface area contributed by atoms with E-state index in [4.69, 9.17) is 4.74 Å². The van der Waals surface area contributed by atoms with Crippen LogP contribution in [0.2, 0.25) is 0 Å². The molecule has 2 N–H and O–H groups in total. The average molecular weight is 376 g/mol. The van der Waals surface area contributed by atoms with Gasteiger partial charge in [-0.05, 0) is 45.0 Å². The SMILES string of the molecule is Cc1ccc(S[C@H](C)C(=O)NNC(=O)[C@@H](C)Oc2ccccc2F)cc1. The van der Waals surface area contributed by atoms with Gasteiger partial charge in [-0.2, -0.15) is 0 Å². The molecule has 0 aliphatic heterocycles. The lowest BCUT2D eigenvalue weighted by Gasteiger charge is -2.17. The molecular formula is C19H21FN2O3S. The molecule has 0 unspecified atom stereocenters. The van der Waals surface area contributed by atoms with Crippen LogP contribution >= 0.6 is 11.8 Å². The fourth-order valence-corrected chi connectivity index (χ4v) is 2.85. The highest BCUT2D eigenvalue weighted by atomic mass is 32.2. The summed E-state index contributed by atoms with van der Waals surface area (Å²) in [6, 6.07) is 13.6. The number of para-hydroxylation sites is 1. The molecule has 0 aliphatic carbocycles. The number of carbonyl (C=O) groups is 2. The first-order valence-corrected chi connectivity index (χ1v) is 8.99. The van der Waals surface area contributed by atoms with Crippen molar-refractivity contribution in [1.82, 2.24) is 10.9 Å². The van der Waals surface area contributed by atoms with Crippen LogP contribution in [0.25, 0.3) is 0 Å². The predicted octanol–water partition coefficient (Wildman–Crippen LogP) is 3.23. The van der Waals surface area contributed by atoms with Crippen LogP contribution in [0.5, 0.6) is 5.75 Å². The highest BCUT2D eigenvalue weighted by Gasteiger charge is 2.19. The van der Waals surface area contributed by atoms with Crippen LogP contribution in [-0.2, 0) is 9.59 Å². The summed E-state index contributed by atoms with van der Waals surface area (Å²) in [5, 5.41) is -0.402. The van der Waals surface area contributed by atoms with Gasteiger partial charge >= 0.3 is 0 Å². The molecule has 0 fully saturated rings. The Labute approximate surface area is 156 Å². The molecule has 26 heavy (non-hydrogen) atoms. The summed E-state index contributed by atoms with van der Waals surface area (Å²) in [5.74, 6) is -1.50. The summed E-state index contributed by atoms with van der Waals surface area (Å²) in [4.78, 5) is 25.1. The third-order valence-electron chi connectivity index (χ3n) is 3.52. The normalized spacial score (nSPS) is 12.8. The molecule has 2 aromatic rings. The van der Waals surface area contributed by atoms with Crippen molar-refractivity contribution in [3.63, 3.8) is 0 Å². The Kier molecular flexibility index (Phi) is 7.03. The van der Waals surface area contributed by atoms with E-state index in [9.17, 15) is 14.0 Å². The van der Waals surface area contributed by atoms with E-state index < -0.39 is 23.1 Å². The fourth-order valence-electron chi connectivity index (χ4n) is 1.99. The molecule has 0 saturated heterocycles. The highest BCUT2D eigenvalue weighted by Crippen LogP contribution is 2.23. The number of benzene rings is 2. The van der Waals surface area contributed by atoms with Gasteiger partial charge in [-0.25, -0.2) is 4.39 Å². The molecule has 2 aromatic carbocycles. The monoisotopic (exact) mass is 376 g/mol. The van der Waals surface area contributed by atoms with Gasteiger partial charge < -0.3 is 4.74 Å². The summed E-state index contributed by atoms with van der Waals surface area (Å²) < 4.78 is 18.8. The smallest absolute Gasteiger partial charge is 0.279 e. The van der Waals surface area contributed by atoms with Crippen LogP contribution in [-0.4, -0.2) is 23.2 Å². The lowest BCUT2D eigenvalue weighted by Crippen LogP contribution is -2.49. The quantitative estimate of drug-likeness (QED) is 0.600. The van der Waals surface area contributed by atoms with Crippen LogP contribution in [0.4, 0.5) is 4.39 Å². The lowest BCUT2D eigenvalue weighted by molar-refractivity contribution is -0.132. The minimum Gasteiger partial charge on any atom is -0.478 e. The van der Waals surface area contributed by atoms with Gasteiger partial charge in [-0.15, -0.1) is 11.8 Å². The number of nitrogens with one attached hydrogen (secondary N) is 2. The van der Waals surface area contributed by atoms with Gasteiger partial charge in [-0.3, -0.25) is 20.4 Å². The molecule has 2 amide bonds. The van der Waals surface area contributed by atoms with Crippen LogP contribution in [0.1, 0.15) is 19.4 Å². The summed E-state index contributed by atoms with van der Waals surface area (Å²) in [7, 11) is 0.